The lowest BCUT2D eigenvalue weighted by atomic mass is 9.33. The fraction of sp³-hybridized carbons (Fsp3) is 0.233. The Morgan fingerprint density at radius 1 is 0.210 bits per heavy atom. The standard InChI is InChI=1S/C120H114BN3/c1-114(2,3)85-49-38-75(39-50-85)95-64-83(73-30-24-22-25-31-73)65-96(76-40-51-86(52-41-76)115(4,5)6)112(95)123-103-68-81(82-62-89(118(13,14)15)69-90(63-82)119(16,17)18)46-58-99(103)121-100-59-57-92(122-101-60-47-79-34-28-36-93-94-37-29-35-80-48-61-102(122)110(108(80)94)109(101)107(79)93)72-104(100)124(106-71-91(120(19,20)21)70-105(123)111(106)121)113-97(77-42-53-87(54-43-77)116(7,8)9)66-84(74-32-26-23-27-33-74)67-98(113)78-44-55-88(56-45-78)117(10,11)12/h22-72H,1-21H3. The third-order valence-electron chi connectivity index (χ3n) is 27.4. The third-order valence-corrected chi connectivity index (χ3v) is 27.4. The van der Waals surface area contributed by atoms with Crippen molar-refractivity contribution in [1.82, 2.24) is 4.57 Å². The van der Waals surface area contributed by atoms with Gasteiger partial charge in [-0.2, -0.15) is 0 Å². The van der Waals surface area contributed by atoms with E-state index in [0.717, 1.165) is 101 Å². The summed E-state index contributed by atoms with van der Waals surface area (Å²) in [6.45, 7) is 49.3. The second kappa shape index (κ2) is 28.5. The molecule has 124 heavy (non-hydrogen) atoms. The molecule has 0 bridgehead atoms. The molecule has 17 aromatic carbocycles. The van der Waals surface area contributed by atoms with Gasteiger partial charge in [0.25, 0.3) is 6.71 Å². The molecule has 2 aliphatic heterocycles. The lowest BCUT2D eigenvalue weighted by Gasteiger charge is -2.46. The largest absolute Gasteiger partial charge is 0.310 e. The highest BCUT2D eigenvalue weighted by Gasteiger charge is 2.47. The summed E-state index contributed by atoms with van der Waals surface area (Å²) in [5.41, 5.74) is 38.3. The van der Waals surface area contributed by atoms with E-state index in [9.17, 15) is 0 Å². The summed E-state index contributed by atoms with van der Waals surface area (Å²) in [4.78, 5) is 5.59. The molecule has 3 heterocycles. The summed E-state index contributed by atoms with van der Waals surface area (Å²) in [5.74, 6) is 0. The van der Waals surface area contributed by atoms with Gasteiger partial charge in [-0.05, 0) is 248 Å². The van der Waals surface area contributed by atoms with Crippen molar-refractivity contribution < 1.29 is 0 Å². The molecule has 0 atom stereocenters. The maximum atomic E-state index is 2.80. The highest BCUT2D eigenvalue weighted by atomic mass is 15.2. The zero-order valence-electron chi connectivity index (χ0n) is 76.4. The first kappa shape index (κ1) is 79.9. The van der Waals surface area contributed by atoms with Crippen LogP contribution >= 0.6 is 0 Å². The Bertz CT molecular complexity index is 6960. The van der Waals surface area contributed by atoms with Gasteiger partial charge in [0.2, 0.25) is 0 Å². The Hall–Kier alpha value is -12.5. The van der Waals surface area contributed by atoms with Crippen LogP contribution in [0.2, 0.25) is 0 Å². The summed E-state index contributed by atoms with van der Waals surface area (Å²) >= 11 is 0. The number of fused-ring (bicyclic) bond motifs is 5. The maximum Gasteiger partial charge on any atom is 0.252 e. The van der Waals surface area contributed by atoms with Gasteiger partial charge in [-0.1, -0.05) is 388 Å². The fourth-order valence-electron chi connectivity index (χ4n) is 20.2. The summed E-state index contributed by atoms with van der Waals surface area (Å²) in [5, 5.41) is 10.4. The van der Waals surface area contributed by atoms with Gasteiger partial charge in [0, 0.05) is 61.5 Å². The third kappa shape index (κ3) is 13.5. The highest BCUT2D eigenvalue weighted by molar-refractivity contribution is 7.00. The Morgan fingerprint density at radius 2 is 0.532 bits per heavy atom. The smallest absolute Gasteiger partial charge is 0.252 e. The summed E-state index contributed by atoms with van der Waals surface area (Å²) in [7, 11) is 0. The minimum atomic E-state index is -0.388. The molecule has 612 valence electrons. The molecule has 2 aliphatic rings. The van der Waals surface area contributed by atoms with Crippen LogP contribution in [0.3, 0.4) is 0 Å². The first-order chi connectivity index (χ1) is 58.9. The van der Waals surface area contributed by atoms with E-state index in [2.05, 4.69) is 469 Å². The van der Waals surface area contributed by atoms with Crippen LogP contribution in [0.1, 0.15) is 184 Å². The topological polar surface area (TPSA) is 11.4 Å². The number of hydrogen-bond acceptors (Lipinski definition) is 2. The van der Waals surface area contributed by atoms with Crippen molar-refractivity contribution in [3.8, 4) is 83.6 Å². The molecule has 0 saturated heterocycles. The predicted molar refractivity (Wildman–Crippen MR) is 539 cm³/mol. The van der Waals surface area contributed by atoms with Gasteiger partial charge < -0.3 is 14.4 Å². The minimum absolute atomic E-state index is 0.0841. The number of aromatic nitrogens is 1. The summed E-state index contributed by atoms with van der Waals surface area (Å²) in [6.07, 6.45) is 0. The zero-order valence-corrected chi connectivity index (χ0v) is 76.4. The Morgan fingerprint density at radius 3 is 0.887 bits per heavy atom. The Labute approximate surface area is 735 Å². The van der Waals surface area contributed by atoms with Crippen molar-refractivity contribution in [2.24, 2.45) is 0 Å². The summed E-state index contributed by atoms with van der Waals surface area (Å²) in [6, 6.07) is 122. The fourth-order valence-corrected chi connectivity index (χ4v) is 20.2. The molecule has 1 aromatic heterocycles. The first-order valence-electron chi connectivity index (χ1n) is 45.0. The monoisotopic (exact) mass is 1610 g/mol. The van der Waals surface area contributed by atoms with Crippen molar-refractivity contribution in [2.45, 2.75) is 183 Å². The van der Waals surface area contributed by atoms with Crippen LogP contribution in [-0.2, 0) is 37.9 Å². The second-order valence-electron chi connectivity index (χ2n) is 43.0. The Balaban J connectivity index is 0.982. The van der Waals surface area contributed by atoms with Gasteiger partial charge in [-0.3, -0.25) is 0 Å². The van der Waals surface area contributed by atoms with Crippen molar-refractivity contribution in [1.29, 1.82) is 0 Å². The van der Waals surface area contributed by atoms with Gasteiger partial charge in [-0.15, -0.1) is 0 Å². The molecule has 0 N–H and O–H groups in total. The lowest BCUT2D eigenvalue weighted by Crippen LogP contribution is -2.61. The highest BCUT2D eigenvalue weighted by Crippen LogP contribution is 2.58. The molecule has 4 heteroatoms. The van der Waals surface area contributed by atoms with Crippen LogP contribution in [-0.4, -0.2) is 11.3 Å². The predicted octanol–water partition coefficient (Wildman–Crippen LogP) is 32.0. The first-order valence-corrected chi connectivity index (χ1v) is 45.0. The van der Waals surface area contributed by atoms with E-state index in [1.54, 1.807) is 0 Å². The number of rotatable bonds is 10. The van der Waals surface area contributed by atoms with E-state index < -0.39 is 0 Å². The maximum absolute atomic E-state index is 2.80. The van der Waals surface area contributed by atoms with Gasteiger partial charge >= 0.3 is 0 Å². The molecule has 18 aromatic rings. The van der Waals surface area contributed by atoms with E-state index >= 15 is 0 Å². The molecular weight excluding hydrogens is 1490 g/mol. The molecule has 20 rings (SSSR count). The number of hydrogen-bond donors (Lipinski definition) is 0. The normalized spacial score (nSPS) is 13.5. The molecule has 0 amide bonds. The second-order valence-corrected chi connectivity index (χ2v) is 43.0. The molecule has 3 nitrogen and oxygen atoms in total. The lowest BCUT2D eigenvalue weighted by molar-refractivity contribution is 0.569. The number of benzene rings is 17. The van der Waals surface area contributed by atoms with Crippen LogP contribution in [0.4, 0.5) is 34.1 Å². The van der Waals surface area contributed by atoms with Crippen LogP contribution < -0.4 is 26.2 Å². The van der Waals surface area contributed by atoms with Gasteiger partial charge in [0.05, 0.1) is 22.4 Å². The van der Waals surface area contributed by atoms with E-state index in [1.165, 1.54) is 126 Å². The van der Waals surface area contributed by atoms with Crippen molar-refractivity contribution in [3.63, 3.8) is 0 Å². The van der Waals surface area contributed by atoms with Gasteiger partial charge in [0.1, 0.15) is 0 Å². The quantitative estimate of drug-likeness (QED) is 0.0768. The Kier molecular flexibility index (Phi) is 18.4. The van der Waals surface area contributed by atoms with Crippen LogP contribution in [0, 0.1) is 0 Å². The SMILES string of the molecule is CC(C)(C)c1ccc(-c2cc(-c3ccccc3)cc(-c3ccc(C(C)(C)C)cc3)c2N2c3cc(-c4cc(C(C)(C)C)cc(C(C)(C)C)c4)ccc3B3c4ccc(-n5c6ccc7cccc8c9cccc%10ccc5c(c%109)c6c78)cc4N(c4c(-c5ccc(C(C)(C)C)cc5)cc(-c5ccccc5)cc4-c4ccc(C(C)(C)C)cc4)c4cc(C(C)(C)C)cc2c43)cc1. The number of nitrogens with zero attached hydrogens (tertiary/aromatic N) is 3. The van der Waals surface area contributed by atoms with Crippen molar-refractivity contribution in [2.75, 3.05) is 9.80 Å². The average Bonchev–Trinajstić information content (AvgIpc) is 1.08. The average molecular weight is 1610 g/mol. The van der Waals surface area contributed by atoms with Gasteiger partial charge in [0.15, 0.2) is 0 Å². The summed E-state index contributed by atoms with van der Waals surface area (Å²) < 4.78 is 2.62. The van der Waals surface area contributed by atoms with Crippen molar-refractivity contribution >= 4 is 111 Å². The van der Waals surface area contributed by atoms with E-state index in [1.807, 2.05) is 0 Å². The van der Waals surface area contributed by atoms with E-state index in [0.29, 0.717) is 0 Å². The van der Waals surface area contributed by atoms with Crippen LogP contribution in [0.5, 0.6) is 0 Å². The molecule has 0 aliphatic carbocycles. The van der Waals surface area contributed by atoms with E-state index in [4.69, 9.17) is 0 Å². The van der Waals surface area contributed by atoms with E-state index in [-0.39, 0.29) is 44.6 Å². The molecule has 0 radical (unpaired) electrons. The molecule has 0 saturated carbocycles. The molecule has 0 fully saturated rings. The van der Waals surface area contributed by atoms with Crippen LogP contribution in [0.25, 0.3) is 138 Å². The van der Waals surface area contributed by atoms with Crippen molar-refractivity contribution in [3.05, 3.63) is 348 Å². The number of anilines is 6. The molecule has 0 unspecified atom stereocenters. The van der Waals surface area contributed by atoms with Crippen LogP contribution in [0.15, 0.2) is 309 Å². The molecule has 0 spiro atoms. The zero-order chi connectivity index (χ0) is 86.5. The van der Waals surface area contributed by atoms with Gasteiger partial charge in [-0.25, -0.2) is 0 Å². The minimum Gasteiger partial charge on any atom is -0.310 e. The molecular formula is C120H114BN3.